The summed E-state index contributed by atoms with van der Waals surface area (Å²) in [6.07, 6.45) is 4.59. The molecule has 2 atom stereocenters. The second kappa shape index (κ2) is 8.08. The second-order valence-electron chi connectivity index (χ2n) is 6.67. The number of carbonyl (C=O) groups excluding carboxylic acids is 2. The highest BCUT2D eigenvalue weighted by atomic mass is 16.5. The number of amides is 1. The number of ether oxygens (including phenoxy) is 3. The Bertz CT molecular complexity index is 407. The molecule has 0 aromatic heterocycles. The average molecular weight is 328 g/mol. The maximum Gasteiger partial charge on any atom is 0.307 e. The summed E-state index contributed by atoms with van der Waals surface area (Å²) in [5.74, 6) is -0.683. The summed E-state index contributed by atoms with van der Waals surface area (Å²) >= 11 is 0. The molecule has 1 saturated carbocycles. The Labute approximate surface area is 137 Å². The number of methoxy groups -OCH3 is 1. The zero-order valence-electron chi connectivity index (χ0n) is 14.0. The molecule has 0 aromatic carbocycles. The van der Waals surface area contributed by atoms with Gasteiger partial charge in [-0.25, -0.2) is 0 Å². The van der Waals surface area contributed by atoms with Crippen molar-refractivity contribution in [2.75, 3.05) is 26.9 Å². The van der Waals surface area contributed by atoms with Crippen molar-refractivity contribution in [1.82, 2.24) is 5.32 Å². The van der Waals surface area contributed by atoms with E-state index in [0.29, 0.717) is 12.7 Å². The number of fused-ring (bicyclic) bond motifs is 3. The van der Waals surface area contributed by atoms with Gasteiger partial charge in [0.1, 0.15) is 6.04 Å². The third-order valence-electron chi connectivity index (χ3n) is 4.94. The Kier molecular flexibility index (Phi) is 6.38. The summed E-state index contributed by atoms with van der Waals surface area (Å²) < 4.78 is 16.2. The molecule has 132 valence electrons. The number of hydrogen-bond acceptors (Lipinski definition) is 6. The van der Waals surface area contributed by atoms with E-state index in [9.17, 15) is 9.59 Å². The van der Waals surface area contributed by atoms with Gasteiger partial charge in [-0.15, -0.1) is 0 Å². The topological polar surface area (TPSA) is 99.9 Å². The van der Waals surface area contributed by atoms with E-state index in [4.69, 9.17) is 15.2 Å². The monoisotopic (exact) mass is 328 g/mol. The minimum atomic E-state index is -0.759. The number of nitrogens with one attached hydrogen (secondary N) is 1. The van der Waals surface area contributed by atoms with Crippen LogP contribution in [0.5, 0.6) is 0 Å². The largest absolute Gasteiger partial charge is 0.469 e. The van der Waals surface area contributed by atoms with Gasteiger partial charge >= 0.3 is 5.97 Å². The minimum absolute atomic E-state index is 0.0874. The first-order chi connectivity index (χ1) is 11.0. The van der Waals surface area contributed by atoms with Crippen LogP contribution < -0.4 is 11.1 Å². The first kappa shape index (κ1) is 18.2. The molecule has 3 rings (SSSR count). The van der Waals surface area contributed by atoms with E-state index in [1.807, 2.05) is 0 Å². The zero-order chi connectivity index (χ0) is 16.9. The molecule has 23 heavy (non-hydrogen) atoms. The molecule has 3 aliphatic rings. The Morgan fingerprint density at radius 3 is 2.65 bits per heavy atom. The number of nitrogens with two attached hydrogens (primary N) is 1. The van der Waals surface area contributed by atoms with E-state index in [2.05, 4.69) is 10.1 Å². The molecule has 0 aromatic rings. The molecule has 1 amide bonds. The molecule has 0 spiro atoms. The molecule has 2 saturated heterocycles. The number of hydrogen-bond donors (Lipinski definition) is 2. The van der Waals surface area contributed by atoms with Gasteiger partial charge in [0.25, 0.3) is 0 Å². The molecule has 2 bridgehead atoms. The maximum absolute atomic E-state index is 12.0. The first-order valence-corrected chi connectivity index (χ1v) is 8.29. The van der Waals surface area contributed by atoms with Crippen molar-refractivity contribution in [3.05, 3.63) is 0 Å². The van der Waals surface area contributed by atoms with Crippen LogP contribution in [0.3, 0.4) is 0 Å². The summed E-state index contributed by atoms with van der Waals surface area (Å²) in [6, 6.07) is -0.759. The Morgan fingerprint density at radius 2 is 2.09 bits per heavy atom. The fraction of sp³-hybridized carbons (Fsp3) is 0.875. The van der Waals surface area contributed by atoms with Gasteiger partial charge in [-0.05, 0) is 32.6 Å². The van der Waals surface area contributed by atoms with Crippen molar-refractivity contribution in [3.63, 3.8) is 0 Å². The van der Waals surface area contributed by atoms with Gasteiger partial charge in [0.05, 0.1) is 39.0 Å². The smallest absolute Gasteiger partial charge is 0.307 e. The van der Waals surface area contributed by atoms with Crippen LogP contribution in [-0.2, 0) is 23.8 Å². The summed E-state index contributed by atoms with van der Waals surface area (Å²) in [4.78, 5) is 23.0. The van der Waals surface area contributed by atoms with Gasteiger partial charge in [-0.1, -0.05) is 0 Å². The van der Waals surface area contributed by atoms with Crippen LogP contribution >= 0.6 is 0 Å². The SMILES string of the molecule is COC(=O)CCNC(=O)[C@@H](N)[C@@H](C)OCC12CCC(CC1)OC2. The van der Waals surface area contributed by atoms with Crippen LogP contribution in [-0.4, -0.2) is 57.0 Å². The van der Waals surface area contributed by atoms with E-state index in [-0.39, 0.29) is 36.4 Å². The van der Waals surface area contributed by atoms with Crippen LogP contribution in [0.15, 0.2) is 0 Å². The van der Waals surface area contributed by atoms with Gasteiger partial charge < -0.3 is 25.3 Å². The molecule has 2 heterocycles. The van der Waals surface area contributed by atoms with Gasteiger partial charge in [0.2, 0.25) is 5.91 Å². The van der Waals surface area contributed by atoms with E-state index in [0.717, 1.165) is 32.3 Å². The van der Waals surface area contributed by atoms with Crippen molar-refractivity contribution in [2.45, 2.75) is 57.3 Å². The van der Waals surface area contributed by atoms with E-state index in [1.165, 1.54) is 7.11 Å². The highest BCUT2D eigenvalue weighted by Crippen LogP contribution is 2.43. The van der Waals surface area contributed by atoms with Gasteiger partial charge in [-0.2, -0.15) is 0 Å². The Balaban J connectivity index is 1.70. The Hall–Kier alpha value is -1.18. The second-order valence-corrected chi connectivity index (χ2v) is 6.67. The lowest BCUT2D eigenvalue weighted by atomic mass is 9.72. The van der Waals surface area contributed by atoms with Crippen LogP contribution in [0.2, 0.25) is 0 Å². The van der Waals surface area contributed by atoms with Gasteiger partial charge in [-0.3, -0.25) is 9.59 Å². The van der Waals surface area contributed by atoms with Crippen LogP contribution in [0.1, 0.15) is 39.0 Å². The highest BCUT2D eigenvalue weighted by Gasteiger charge is 2.42. The number of carbonyl (C=O) groups is 2. The van der Waals surface area contributed by atoms with E-state index < -0.39 is 6.04 Å². The zero-order valence-corrected chi connectivity index (χ0v) is 14.0. The van der Waals surface area contributed by atoms with Crippen LogP contribution in [0.25, 0.3) is 0 Å². The average Bonchev–Trinajstić information content (AvgIpc) is 2.60. The van der Waals surface area contributed by atoms with Crippen molar-refractivity contribution < 1.29 is 23.8 Å². The molecule has 2 aliphatic heterocycles. The highest BCUT2D eigenvalue weighted by molar-refractivity contribution is 5.82. The molecule has 7 nitrogen and oxygen atoms in total. The summed E-state index contributed by atoms with van der Waals surface area (Å²) in [5.41, 5.74) is 6.02. The lowest BCUT2D eigenvalue weighted by Crippen LogP contribution is -2.51. The third-order valence-corrected chi connectivity index (χ3v) is 4.94. The molecule has 3 fully saturated rings. The van der Waals surface area contributed by atoms with Gasteiger partial charge in [0.15, 0.2) is 0 Å². The van der Waals surface area contributed by atoms with Crippen LogP contribution in [0, 0.1) is 5.41 Å². The minimum Gasteiger partial charge on any atom is -0.469 e. The van der Waals surface area contributed by atoms with Crippen LogP contribution in [0.4, 0.5) is 0 Å². The molecular weight excluding hydrogens is 300 g/mol. The normalized spacial score (nSPS) is 28.9. The van der Waals surface area contributed by atoms with Crippen molar-refractivity contribution in [1.29, 1.82) is 0 Å². The maximum atomic E-state index is 12.0. The lowest BCUT2D eigenvalue weighted by molar-refractivity contribution is -0.152. The molecule has 0 radical (unpaired) electrons. The van der Waals surface area contributed by atoms with Crippen molar-refractivity contribution >= 4 is 11.9 Å². The Morgan fingerprint density at radius 1 is 1.39 bits per heavy atom. The summed E-state index contributed by atoms with van der Waals surface area (Å²) in [5, 5.41) is 2.63. The van der Waals surface area contributed by atoms with Crippen molar-refractivity contribution in [2.24, 2.45) is 11.1 Å². The predicted octanol–water partition coefficient (Wildman–Crippen LogP) is 0.357. The lowest BCUT2D eigenvalue weighted by Gasteiger charge is -2.46. The third kappa shape index (κ3) is 4.89. The number of rotatable bonds is 8. The standard InChI is InChI=1S/C16H28N2O5/c1-11(14(17)15(20)18-8-5-13(19)21-2)22-9-16-6-3-12(4-7-16)23-10-16/h11-12,14H,3-10,17H2,1-2H3,(H,18,20)/t11-,12?,14+,16?/m1/s1. The molecule has 3 N–H and O–H groups in total. The van der Waals surface area contributed by atoms with E-state index in [1.54, 1.807) is 6.92 Å². The summed E-state index contributed by atoms with van der Waals surface area (Å²) in [6.45, 7) is 3.33. The van der Waals surface area contributed by atoms with E-state index >= 15 is 0 Å². The predicted molar refractivity (Wildman–Crippen MR) is 83.7 cm³/mol. The molecular formula is C16H28N2O5. The molecule has 0 unspecified atom stereocenters. The molecule has 7 heteroatoms. The van der Waals surface area contributed by atoms with Crippen molar-refractivity contribution in [3.8, 4) is 0 Å². The molecule has 1 aliphatic carbocycles. The fourth-order valence-electron chi connectivity index (χ4n) is 3.13. The van der Waals surface area contributed by atoms with Gasteiger partial charge in [0, 0.05) is 12.0 Å². The fourth-order valence-corrected chi connectivity index (χ4v) is 3.13. The quantitative estimate of drug-likeness (QED) is 0.624. The summed E-state index contributed by atoms with van der Waals surface area (Å²) in [7, 11) is 1.31. The number of esters is 1. The first-order valence-electron chi connectivity index (χ1n) is 8.29.